The Bertz CT molecular complexity index is 598. The van der Waals surface area contributed by atoms with Crippen LogP contribution in [-0.2, 0) is 6.42 Å². The molecule has 0 saturated heterocycles. The molecule has 1 aromatic heterocycles. The first-order chi connectivity index (χ1) is 8.96. The molecule has 0 radical (unpaired) electrons. The summed E-state index contributed by atoms with van der Waals surface area (Å²) in [6.07, 6.45) is 3.97. The predicted molar refractivity (Wildman–Crippen MR) is 80.3 cm³/mol. The molecule has 3 nitrogen and oxygen atoms in total. The zero-order valence-electron chi connectivity index (χ0n) is 11.2. The third-order valence-electron chi connectivity index (χ3n) is 3.79. The van der Waals surface area contributed by atoms with Gasteiger partial charge < -0.3 is 5.73 Å². The van der Waals surface area contributed by atoms with Crippen LogP contribution in [0.2, 0.25) is 0 Å². The number of benzene rings is 1. The van der Waals surface area contributed by atoms with Gasteiger partial charge in [0, 0.05) is 21.8 Å². The number of nitrogens with zero attached hydrogens (tertiary/aromatic N) is 2. The van der Waals surface area contributed by atoms with Crippen molar-refractivity contribution in [2.24, 2.45) is 11.1 Å². The van der Waals surface area contributed by atoms with E-state index < -0.39 is 0 Å². The lowest BCUT2D eigenvalue weighted by Gasteiger charge is -2.33. The SMILES string of the molecule is CC1(C)Cc2c(cnn2-c2ccc(Br)cc2)C(N)C1. The van der Waals surface area contributed by atoms with Crippen molar-refractivity contribution < 1.29 is 0 Å². The Balaban J connectivity index is 2.08. The van der Waals surface area contributed by atoms with E-state index >= 15 is 0 Å². The van der Waals surface area contributed by atoms with Crippen molar-refractivity contribution in [3.05, 3.63) is 46.2 Å². The quantitative estimate of drug-likeness (QED) is 0.872. The fraction of sp³-hybridized carbons (Fsp3) is 0.400. The fourth-order valence-corrected chi connectivity index (χ4v) is 3.17. The number of rotatable bonds is 1. The zero-order valence-corrected chi connectivity index (χ0v) is 12.8. The normalized spacial score (nSPS) is 21.2. The van der Waals surface area contributed by atoms with Crippen LogP contribution in [-0.4, -0.2) is 9.78 Å². The van der Waals surface area contributed by atoms with E-state index in [0.717, 1.165) is 23.0 Å². The number of fused-ring (bicyclic) bond motifs is 1. The fourth-order valence-electron chi connectivity index (χ4n) is 2.91. The van der Waals surface area contributed by atoms with Crippen LogP contribution in [0.3, 0.4) is 0 Å². The summed E-state index contributed by atoms with van der Waals surface area (Å²) in [7, 11) is 0. The number of halogens is 1. The van der Waals surface area contributed by atoms with E-state index in [4.69, 9.17) is 5.73 Å². The minimum atomic E-state index is 0.1000. The van der Waals surface area contributed by atoms with Gasteiger partial charge in [-0.2, -0.15) is 5.10 Å². The molecule has 1 aliphatic rings. The topological polar surface area (TPSA) is 43.8 Å². The number of hydrogen-bond acceptors (Lipinski definition) is 2. The van der Waals surface area contributed by atoms with E-state index in [1.54, 1.807) is 0 Å². The van der Waals surface area contributed by atoms with Gasteiger partial charge in [-0.25, -0.2) is 4.68 Å². The zero-order chi connectivity index (χ0) is 13.6. The van der Waals surface area contributed by atoms with E-state index in [-0.39, 0.29) is 11.5 Å². The van der Waals surface area contributed by atoms with Crippen LogP contribution in [0.25, 0.3) is 5.69 Å². The Labute approximate surface area is 121 Å². The molecule has 0 bridgehead atoms. The Hall–Kier alpha value is -1.13. The number of nitrogens with two attached hydrogens (primary N) is 1. The van der Waals surface area contributed by atoms with E-state index in [0.29, 0.717) is 0 Å². The molecule has 2 aromatic rings. The maximum Gasteiger partial charge on any atom is 0.0649 e. The van der Waals surface area contributed by atoms with Crippen LogP contribution in [0.1, 0.15) is 37.6 Å². The molecule has 2 N–H and O–H groups in total. The highest BCUT2D eigenvalue weighted by Gasteiger charge is 2.33. The number of hydrogen-bond donors (Lipinski definition) is 1. The summed E-state index contributed by atoms with van der Waals surface area (Å²) in [6.45, 7) is 4.55. The minimum absolute atomic E-state index is 0.1000. The highest BCUT2D eigenvalue weighted by atomic mass is 79.9. The third kappa shape index (κ3) is 2.35. The van der Waals surface area contributed by atoms with Gasteiger partial charge in [0.25, 0.3) is 0 Å². The van der Waals surface area contributed by atoms with Gasteiger partial charge in [0.05, 0.1) is 11.9 Å². The smallest absolute Gasteiger partial charge is 0.0649 e. The Kier molecular flexibility index (Phi) is 3.02. The van der Waals surface area contributed by atoms with Crippen molar-refractivity contribution in [2.75, 3.05) is 0 Å². The summed E-state index contributed by atoms with van der Waals surface area (Å²) in [5, 5.41) is 4.54. The van der Waals surface area contributed by atoms with Gasteiger partial charge in [0.15, 0.2) is 0 Å². The molecule has 0 fully saturated rings. The molecular formula is C15H18BrN3. The largest absolute Gasteiger partial charge is 0.324 e. The van der Waals surface area contributed by atoms with E-state index in [9.17, 15) is 0 Å². The third-order valence-corrected chi connectivity index (χ3v) is 4.32. The molecule has 0 amide bonds. The van der Waals surface area contributed by atoms with Gasteiger partial charge in [-0.05, 0) is 42.5 Å². The molecule has 1 aromatic carbocycles. The van der Waals surface area contributed by atoms with Crippen LogP contribution in [0.15, 0.2) is 34.9 Å². The lowest BCUT2D eigenvalue weighted by Crippen LogP contribution is -2.30. The van der Waals surface area contributed by atoms with Crippen LogP contribution in [0.5, 0.6) is 0 Å². The second kappa shape index (κ2) is 4.46. The first-order valence-corrected chi connectivity index (χ1v) is 7.34. The first-order valence-electron chi connectivity index (χ1n) is 6.55. The maximum absolute atomic E-state index is 6.28. The van der Waals surface area contributed by atoms with Crippen molar-refractivity contribution in [2.45, 2.75) is 32.7 Å². The summed E-state index contributed by atoms with van der Waals surface area (Å²) < 4.78 is 3.11. The van der Waals surface area contributed by atoms with Crippen molar-refractivity contribution in [3.63, 3.8) is 0 Å². The van der Waals surface area contributed by atoms with Crippen LogP contribution >= 0.6 is 15.9 Å². The van der Waals surface area contributed by atoms with Crippen molar-refractivity contribution in [3.8, 4) is 5.69 Å². The van der Waals surface area contributed by atoms with Crippen molar-refractivity contribution in [1.29, 1.82) is 0 Å². The summed E-state index contributed by atoms with van der Waals surface area (Å²) in [4.78, 5) is 0. The summed E-state index contributed by atoms with van der Waals surface area (Å²) in [5.74, 6) is 0. The van der Waals surface area contributed by atoms with Gasteiger partial charge in [-0.1, -0.05) is 29.8 Å². The second-order valence-electron chi connectivity index (χ2n) is 6.09. The molecule has 0 aliphatic heterocycles. The van der Waals surface area contributed by atoms with Gasteiger partial charge in [-0.15, -0.1) is 0 Å². The average molecular weight is 320 g/mol. The average Bonchev–Trinajstić information content (AvgIpc) is 2.72. The second-order valence-corrected chi connectivity index (χ2v) is 7.00. The summed E-state index contributed by atoms with van der Waals surface area (Å²) >= 11 is 3.46. The summed E-state index contributed by atoms with van der Waals surface area (Å²) in [5.41, 5.74) is 10.1. The lowest BCUT2D eigenvalue weighted by molar-refractivity contribution is 0.278. The first kappa shape index (κ1) is 12.9. The molecule has 1 unspecified atom stereocenters. The molecule has 1 aliphatic carbocycles. The van der Waals surface area contributed by atoms with Crippen LogP contribution in [0, 0.1) is 5.41 Å². The van der Waals surface area contributed by atoms with Gasteiger partial charge in [0.1, 0.15) is 0 Å². The van der Waals surface area contributed by atoms with E-state index in [2.05, 4.69) is 47.0 Å². The maximum atomic E-state index is 6.28. The molecule has 1 atom stereocenters. The monoisotopic (exact) mass is 319 g/mol. The van der Waals surface area contributed by atoms with Gasteiger partial charge in [0.2, 0.25) is 0 Å². The van der Waals surface area contributed by atoms with Crippen molar-refractivity contribution >= 4 is 15.9 Å². The lowest BCUT2D eigenvalue weighted by atomic mass is 9.74. The molecular weight excluding hydrogens is 302 g/mol. The molecule has 100 valence electrons. The van der Waals surface area contributed by atoms with E-state index in [1.807, 2.05) is 23.0 Å². The molecule has 3 rings (SSSR count). The number of aromatic nitrogens is 2. The molecule has 0 spiro atoms. The highest BCUT2D eigenvalue weighted by molar-refractivity contribution is 9.10. The molecule has 4 heteroatoms. The molecule has 19 heavy (non-hydrogen) atoms. The standard InChI is InChI=1S/C15H18BrN3/c1-15(2)7-13(17)12-9-18-19(14(12)8-15)11-5-3-10(16)4-6-11/h3-6,9,13H,7-8,17H2,1-2H3. The van der Waals surface area contributed by atoms with Gasteiger partial charge >= 0.3 is 0 Å². The Morgan fingerprint density at radius 2 is 2.00 bits per heavy atom. The van der Waals surface area contributed by atoms with Gasteiger partial charge in [-0.3, -0.25) is 0 Å². The predicted octanol–water partition coefficient (Wildman–Crippen LogP) is 3.61. The molecule has 1 heterocycles. The highest BCUT2D eigenvalue weighted by Crippen LogP contribution is 2.40. The minimum Gasteiger partial charge on any atom is -0.324 e. The Morgan fingerprint density at radius 3 is 2.68 bits per heavy atom. The van der Waals surface area contributed by atoms with Crippen LogP contribution in [0.4, 0.5) is 0 Å². The molecule has 0 saturated carbocycles. The van der Waals surface area contributed by atoms with Crippen LogP contribution < -0.4 is 5.73 Å². The summed E-state index contributed by atoms with van der Waals surface area (Å²) in [6, 6.07) is 8.33. The Morgan fingerprint density at radius 1 is 1.32 bits per heavy atom. The van der Waals surface area contributed by atoms with E-state index in [1.165, 1.54) is 11.3 Å². The van der Waals surface area contributed by atoms with Crippen molar-refractivity contribution in [1.82, 2.24) is 9.78 Å².